The maximum atomic E-state index is 12.6. The summed E-state index contributed by atoms with van der Waals surface area (Å²) in [5.74, 6) is 0.121. The van der Waals surface area contributed by atoms with E-state index in [2.05, 4.69) is 29.3 Å². The van der Waals surface area contributed by atoms with Crippen LogP contribution in [0.5, 0.6) is 0 Å². The van der Waals surface area contributed by atoms with E-state index in [-0.39, 0.29) is 11.2 Å². The SMILES string of the molecule is CC[C@H]1S/C(=N/N=C\c2cccs2)N(Cc2ccccc2C)C1=O. The number of benzene rings is 1. The average Bonchev–Trinajstić information content (AvgIpc) is 3.19. The summed E-state index contributed by atoms with van der Waals surface area (Å²) in [6.45, 7) is 4.63. The van der Waals surface area contributed by atoms with Crippen LogP contribution in [0.2, 0.25) is 0 Å². The van der Waals surface area contributed by atoms with Gasteiger partial charge in [-0.3, -0.25) is 9.69 Å². The monoisotopic (exact) mass is 357 g/mol. The van der Waals surface area contributed by atoms with Crippen LogP contribution in [0.1, 0.15) is 29.3 Å². The highest BCUT2D eigenvalue weighted by Crippen LogP contribution is 2.31. The first-order chi connectivity index (χ1) is 11.7. The lowest BCUT2D eigenvalue weighted by Crippen LogP contribution is -2.31. The molecular formula is C18H19N3OS2. The van der Waals surface area contributed by atoms with Crippen molar-refractivity contribution < 1.29 is 4.79 Å². The molecule has 1 aliphatic heterocycles. The number of carbonyl (C=O) groups excluding carboxylic acids is 1. The largest absolute Gasteiger partial charge is 0.284 e. The van der Waals surface area contributed by atoms with Gasteiger partial charge in [-0.05, 0) is 35.9 Å². The third-order valence-electron chi connectivity index (χ3n) is 3.85. The lowest BCUT2D eigenvalue weighted by atomic mass is 10.1. The van der Waals surface area contributed by atoms with Crippen molar-refractivity contribution in [2.45, 2.75) is 32.1 Å². The van der Waals surface area contributed by atoms with Gasteiger partial charge >= 0.3 is 0 Å². The Morgan fingerprint density at radius 1 is 1.25 bits per heavy atom. The highest BCUT2D eigenvalue weighted by atomic mass is 32.2. The Morgan fingerprint density at radius 3 is 2.79 bits per heavy atom. The Hall–Kier alpha value is -1.92. The van der Waals surface area contributed by atoms with Gasteiger partial charge in [0.15, 0.2) is 5.17 Å². The van der Waals surface area contributed by atoms with E-state index in [4.69, 9.17) is 0 Å². The number of amidine groups is 1. The van der Waals surface area contributed by atoms with Crippen molar-refractivity contribution in [2.24, 2.45) is 10.2 Å². The molecule has 0 N–H and O–H groups in total. The molecule has 1 amide bonds. The molecule has 0 saturated carbocycles. The standard InChI is InChI=1S/C18H19N3OS2/c1-3-16-17(22)21(12-14-8-5-4-7-13(14)2)18(24-16)20-19-11-15-9-6-10-23-15/h4-11,16H,3,12H2,1-2H3/b19-11-,20-18+/t16-/m1/s1. The lowest BCUT2D eigenvalue weighted by Gasteiger charge is -2.17. The molecule has 0 unspecified atom stereocenters. The Labute approximate surface area is 150 Å². The lowest BCUT2D eigenvalue weighted by molar-refractivity contribution is -0.126. The van der Waals surface area contributed by atoms with E-state index in [0.717, 1.165) is 16.9 Å². The van der Waals surface area contributed by atoms with Gasteiger partial charge in [-0.25, -0.2) is 0 Å². The molecule has 3 rings (SSSR count). The van der Waals surface area contributed by atoms with E-state index >= 15 is 0 Å². The van der Waals surface area contributed by atoms with E-state index in [1.54, 1.807) is 22.5 Å². The molecule has 0 spiro atoms. The zero-order valence-electron chi connectivity index (χ0n) is 13.7. The van der Waals surface area contributed by atoms with Gasteiger partial charge in [-0.2, -0.15) is 5.10 Å². The molecular weight excluding hydrogens is 338 g/mol. The molecule has 1 fully saturated rings. The van der Waals surface area contributed by atoms with Crippen LogP contribution in [0.25, 0.3) is 0 Å². The van der Waals surface area contributed by atoms with E-state index in [1.807, 2.05) is 36.6 Å². The minimum atomic E-state index is -0.0651. The predicted octanol–water partition coefficient (Wildman–Crippen LogP) is 4.30. The Morgan fingerprint density at radius 2 is 2.08 bits per heavy atom. The summed E-state index contributed by atoms with van der Waals surface area (Å²) in [5.41, 5.74) is 2.31. The maximum absolute atomic E-state index is 12.6. The number of thioether (sulfide) groups is 1. The van der Waals surface area contributed by atoms with Crippen LogP contribution < -0.4 is 0 Å². The van der Waals surface area contributed by atoms with Crippen molar-refractivity contribution in [3.63, 3.8) is 0 Å². The summed E-state index contributed by atoms with van der Waals surface area (Å²) in [6.07, 6.45) is 2.52. The van der Waals surface area contributed by atoms with E-state index < -0.39 is 0 Å². The summed E-state index contributed by atoms with van der Waals surface area (Å²) in [6, 6.07) is 12.1. The molecule has 4 nitrogen and oxygen atoms in total. The van der Waals surface area contributed by atoms with Gasteiger partial charge in [0, 0.05) is 4.88 Å². The van der Waals surface area contributed by atoms with Gasteiger partial charge in [0.25, 0.3) is 0 Å². The van der Waals surface area contributed by atoms with Gasteiger partial charge in [0.1, 0.15) is 0 Å². The number of carbonyl (C=O) groups is 1. The van der Waals surface area contributed by atoms with Crippen molar-refractivity contribution in [3.8, 4) is 0 Å². The first-order valence-corrected chi connectivity index (χ1v) is 9.62. The zero-order valence-corrected chi connectivity index (χ0v) is 15.3. The topological polar surface area (TPSA) is 45.0 Å². The molecule has 0 radical (unpaired) electrons. The summed E-state index contributed by atoms with van der Waals surface area (Å²) in [4.78, 5) is 15.4. The van der Waals surface area contributed by atoms with Crippen LogP contribution in [0.15, 0.2) is 52.0 Å². The minimum Gasteiger partial charge on any atom is -0.284 e. The third-order valence-corrected chi connectivity index (χ3v) is 5.99. The summed E-state index contributed by atoms with van der Waals surface area (Å²) >= 11 is 3.12. The van der Waals surface area contributed by atoms with Crippen molar-refractivity contribution in [1.29, 1.82) is 0 Å². The summed E-state index contributed by atoms with van der Waals surface area (Å²) in [5, 5.41) is 11.1. The van der Waals surface area contributed by atoms with E-state index in [0.29, 0.717) is 11.7 Å². The van der Waals surface area contributed by atoms with Crippen LogP contribution in [-0.4, -0.2) is 27.4 Å². The fourth-order valence-corrected chi connectivity index (χ4v) is 4.05. The molecule has 124 valence electrons. The second-order valence-corrected chi connectivity index (χ2v) is 7.66. The number of nitrogens with zero attached hydrogens (tertiary/aromatic N) is 3. The van der Waals surface area contributed by atoms with Gasteiger partial charge in [-0.15, -0.1) is 16.4 Å². The maximum Gasteiger partial charge on any atom is 0.242 e. The summed E-state index contributed by atoms with van der Waals surface area (Å²) < 4.78 is 0. The second-order valence-electron chi connectivity index (χ2n) is 5.51. The van der Waals surface area contributed by atoms with Gasteiger partial charge < -0.3 is 0 Å². The number of aryl methyl sites for hydroxylation is 1. The first kappa shape index (κ1) is 16.9. The Kier molecular flexibility index (Phi) is 5.48. The highest BCUT2D eigenvalue weighted by molar-refractivity contribution is 8.15. The minimum absolute atomic E-state index is 0.0651. The molecule has 24 heavy (non-hydrogen) atoms. The molecule has 2 heterocycles. The predicted molar refractivity (Wildman–Crippen MR) is 103 cm³/mol. The molecule has 1 aromatic heterocycles. The Balaban J connectivity index is 1.82. The van der Waals surface area contributed by atoms with Crippen molar-refractivity contribution in [1.82, 2.24) is 4.90 Å². The van der Waals surface area contributed by atoms with Crippen LogP contribution in [0, 0.1) is 6.92 Å². The molecule has 1 atom stereocenters. The highest BCUT2D eigenvalue weighted by Gasteiger charge is 2.37. The fourth-order valence-electron chi connectivity index (χ4n) is 2.45. The summed E-state index contributed by atoms with van der Waals surface area (Å²) in [7, 11) is 0. The molecule has 1 saturated heterocycles. The van der Waals surface area contributed by atoms with Crippen molar-refractivity contribution >= 4 is 40.4 Å². The van der Waals surface area contributed by atoms with Gasteiger partial charge in [0.2, 0.25) is 5.91 Å². The molecule has 2 aromatic rings. The molecule has 0 bridgehead atoms. The smallest absolute Gasteiger partial charge is 0.242 e. The average molecular weight is 358 g/mol. The van der Waals surface area contributed by atoms with Crippen LogP contribution in [0.4, 0.5) is 0 Å². The Bertz CT molecular complexity index is 768. The van der Waals surface area contributed by atoms with Crippen LogP contribution in [0.3, 0.4) is 0 Å². The van der Waals surface area contributed by atoms with E-state index in [1.165, 1.54) is 17.3 Å². The number of hydrogen-bond donors (Lipinski definition) is 0. The zero-order chi connectivity index (χ0) is 16.9. The third kappa shape index (κ3) is 3.76. The van der Waals surface area contributed by atoms with Crippen LogP contribution in [-0.2, 0) is 11.3 Å². The van der Waals surface area contributed by atoms with Crippen molar-refractivity contribution in [3.05, 3.63) is 57.8 Å². The quantitative estimate of drug-likeness (QED) is 0.591. The molecule has 0 aliphatic carbocycles. The number of rotatable bonds is 5. The molecule has 6 heteroatoms. The van der Waals surface area contributed by atoms with E-state index in [9.17, 15) is 4.79 Å². The number of amides is 1. The van der Waals surface area contributed by atoms with Crippen molar-refractivity contribution in [2.75, 3.05) is 0 Å². The second kappa shape index (κ2) is 7.77. The first-order valence-electron chi connectivity index (χ1n) is 7.86. The van der Waals surface area contributed by atoms with Crippen LogP contribution >= 0.6 is 23.1 Å². The normalized spacial score (nSPS) is 19.8. The van der Waals surface area contributed by atoms with Gasteiger partial charge in [-0.1, -0.05) is 49.0 Å². The molecule has 1 aliphatic rings. The molecule has 1 aromatic carbocycles. The number of hydrogen-bond acceptors (Lipinski definition) is 5. The van der Waals surface area contributed by atoms with Gasteiger partial charge in [0.05, 0.1) is 18.0 Å². The number of thiophene rings is 1. The fraction of sp³-hybridized carbons (Fsp3) is 0.278.